The molecule has 7 nitrogen and oxygen atoms in total. The highest BCUT2D eigenvalue weighted by atomic mass is 79.9. The fourth-order valence-electron chi connectivity index (χ4n) is 2.36. The van der Waals surface area contributed by atoms with Crippen molar-refractivity contribution in [3.8, 4) is 0 Å². The number of nitrogens with one attached hydrogen (secondary N) is 1. The lowest BCUT2D eigenvalue weighted by Gasteiger charge is -2.43. The van der Waals surface area contributed by atoms with Crippen molar-refractivity contribution in [2.75, 3.05) is 5.33 Å². The van der Waals surface area contributed by atoms with E-state index in [1.165, 1.54) is 16.7 Å². The fraction of sp³-hybridized carbons (Fsp3) is 0.700. The highest BCUT2D eigenvalue weighted by Gasteiger charge is 2.64. The predicted molar refractivity (Wildman–Crippen MR) is 74.5 cm³/mol. The Morgan fingerprint density at radius 1 is 1.53 bits per heavy atom. The quantitative estimate of drug-likeness (QED) is 0.491. The number of alkyl halides is 1. The average Bonchev–Trinajstić information content (AvgIpc) is 2.54. The number of carboxylic acid groups (broad SMARTS) is 1. The van der Waals surface area contributed by atoms with E-state index < -0.39 is 22.8 Å². The second kappa shape index (κ2) is 5.29. The molecule has 2 amide bonds. The molecule has 2 heterocycles. The topological polar surface area (TPSA) is 122 Å². The van der Waals surface area contributed by atoms with E-state index in [2.05, 4.69) is 21.2 Å². The molecule has 2 rings (SSSR count). The van der Waals surface area contributed by atoms with Crippen molar-refractivity contribution in [1.29, 1.82) is 0 Å². The molecule has 2 aliphatic rings. The van der Waals surface area contributed by atoms with Gasteiger partial charge in [0.05, 0.1) is 5.33 Å². The largest absolute Gasteiger partial charge is 0.480 e. The highest BCUT2D eigenvalue weighted by Crippen LogP contribution is 2.50. The molecule has 2 fully saturated rings. The number of carbonyl (C=O) groups excluding carboxylic acids is 2. The zero-order valence-electron chi connectivity index (χ0n) is 10.6. The van der Waals surface area contributed by atoms with Gasteiger partial charge < -0.3 is 21.5 Å². The third kappa shape index (κ3) is 2.46. The van der Waals surface area contributed by atoms with Crippen LogP contribution in [-0.2, 0) is 14.4 Å². The number of carboxylic acids is 1. The van der Waals surface area contributed by atoms with Crippen molar-refractivity contribution >= 4 is 45.5 Å². The molecular weight excluding hydrogens is 338 g/mol. The Labute approximate surface area is 123 Å². The summed E-state index contributed by atoms with van der Waals surface area (Å²) in [6.07, 6.45) is 0. The number of halogens is 1. The number of β-lactam (4-membered cyclic amide) rings is 1. The second-order valence-electron chi connectivity index (χ2n) is 4.78. The van der Waals surface area contributed by atoms with Gasteiger partial charge in [-0.2, -0.15) is 0 Å². The lowest BCUT2D eigenvalue weighted by molar-refractivity contribution is -0.160. The summed E-state index contributed by atoms with van der Waals surface area (Å²) in [5.74, 6) is -1.60. The van der Waals surface area contributed by atoms with Crippen LogP contribution in [0.2, 0.25) is 0 Å². The Hall–Kier alpha value is -0.800. The van der Waals surface area contributed by atoms with E-state index in [0.29, 0.717) is 0 Å². The SMILES string of the molecule is CC1(C)S[C@@H]2[C@H](NC(=O)CBr)C(=O)N2[C@H]1C(=O)O.N. The summed E-state index contributed by atoms with van der Waals surface area (Å²) < 4.78 is -0.556. The minimum atomic E-state index is -1.01. The Morgan fingerprint density at radius 2 is 2.11 bits per heavy atom. The van der Waals surface area contributed by atoms with Crippen LogP contribution >= 0.6 is 27.7 Å². The van der Waals surface area contributed by atoms with E-state index in [-0.39, 0.29) is 28.7 Å². The summed E-state index contributed by atoms with van der Waals surface area (Å²) in [5.41, 5.74) is 0. The number of thioether (sulfide) groups is 1. The van der Waals surface area contributed by atoms with Gasteiger partial charge in [-0.15, -0.1) is 11.8 Å². The first-order valence-electron chi connectivity index (χ1n) is 5.37. The van der Waals surface area contributed by atoms with E-state index in [1.54, 1.807) is 13.8 Å². The molecule has 0 aliphatic carbocycles. The molecule has 3 atom stereocenters. The number of carbonyl (C=O) groups is 3. The molecule has 0 aromatic heterocycles. The third-order valence-corrected chi connectivity index (χ3v) is 5.19. The van der Waals surface area contributed by atoms with Crippen LogP contribution in [0.5, 0.6) is 0 Å². The van der Waals surface area contributed by atoms with E-state index >= 15 is 0 Å². The molecule has 5 N–H and O–H groups in total. The Morgan fingerprint density at radius 3 is 2.58 bits per heavy atom. The maximum absolute atomic E-state index is 11.9. The van der Waals surface area contributed by atoms with Crippen LogP contribution in [0.3, 0.4) is 0 Å². The van der Waals surface area contributed by atoms with E-state index in [4.69, 9.17) is 0 Å². The van der Waals surface area contributed by atoms with Gasteiger partial charge in [0.2, 0.25) is 11.8 Å². The lowest BCUT2D eigenvalue weighted by Crippen LogP contribution is -2.70. The smallest absolute Gasteiger partial charge is 0.327 e. The zero-order valence-corrected chi connectivity index (χ0v) is 13.0. The molecule has 0 radical (unpaired) electrons. The zero-order chi connectivity index (χ0) is 13.7. The normalized spacial score (nSPS) is 31.0. The molecule has 108 valence electrons. The summed E-state index contributed by atoms with van der Waals surface area (Å²) in [7, 11) is 0. The van der Waals surface area contributed by atoms with Gasteiger partial charge in [-0.05, 0) is 13.8 Å². The van der Waals surface area contributed by atoms with Crippen molar-refractivity contribution < 1.29 is 19.5 Å². The van der Waals surface area contributed by atoms with Gasteiger partial charge in [-0.3, -0.25) is 9.59 Å². The van der Waals surface area contributed by atoms with E-state index in [1.807, 2.05) is 0 Å². The molecule has 0 aromatic carbocycles. The van der Waals surface area contributed by atoms with Crippen LogP contribution in [0.1, 0.15) is 13.8 Å². The molecule has 0 spiro atoms. The molecule has 0 bridgehead atoms. The monoisotopic (exact) mass is 353 g/mol. The number of aliphatic carboxylic acids is 1. The number of fused-ring (bicyclic) bond motifs is 1. The Kier molecular flexibility index (Phi) is 4.53. The molecule has 2 saturated heterocycles. The summed E-state index contributed by atoms with van der Waals surface area (Å²) >= 11 is 4.42. The molecule has 0 saturated carbocycles. The van der Waals surface area contributed by atoms with Gasteiger partial charge in [0, 0.05) is 4.75 Å². The minimum Gasteiger partial charge on any atom is -0.480 e. The Bertz CT molecular complexity index is 431. The molecule has 2 aliphatic heterocycles. The van der Waals surface area contributed by atoms with E-state index in [0.717, 1.165) is 0 Å². The van der Waals surface area contributed by atoms with Crippen LogP contribution in [0.15, 0.2) is 0 Å². The first-order valence-corrected chi connectivity index (χ1v) is 7.38. The van der Waals surface area contributed by atoms with Crippen LogP contribution < -0.4 is 11.5 Å². The Balaban J connectivity index is 0.00000180. The van der Waals surface area contributed by atoms with Crippen molar-refractivity contribution in [3.63, 3.8) is 0 Å². The summed E-state index contributed by atoms with van der Waals surface area (Å²) in [4.78, 5) is 35.8. The van der Waals surface area contributed by atoms with Crippen molar-refractivity contribution in [2.45, 2.75) is 36.1 Å². The van der Waals surface area contributed by atoms with Crippen molar-refractivity contribution in [3.05, 3.63) is 0 Å². The molecular formula is C10H16BrN3O4S. The molecule has 19 heavy (non-hydrogen) atoms. The van der Waals surface area contributed by atoms with Gasteiger partial charge in [-0.25, -0.2) is 4.79 Å². The van der Waals surface area contributed by atoms with Gasteiger partial charge >= 0.3 is 5.97 Å². The number of nitrogens with zero attached hydrogens (tertiary/aromatic N) is 1. The predicted octanol–water partition coefficient (Wildman–Crippen LogP) is 0.175. The maximum Gasteiger partial charge on any atom is 0.327 e. The van der Waals surface area contributed by atoms with Crippen LogP contribution in [-0.4, -0.2) is 55.3 Å². The van der Waals surface area contributed by atoms with Crippen LogP contribution in [0.25, 0.3) is 0 Å². The van der Waals surface area contributed by atoms with Crippen LogP contribution in [0.4, 0.5) is 0 Å². The second-order valence-corrected chi connectivity index (χ2v) is 7.11. The van der Waals surface area contributed by atoms with Gasteiger partial charge in [-0.1, -0.05) is 15.9 Å². The summed E-state index contributed by atoms with van der Waals surface area (Å²) in [5, 5.41) is 11.6. The number of hydrogen-bond acceptors (Lipinski definition) is 5. The first kappa shape index (κ1) is 16.3. The maximum atomic E-state index is 11.9. The van der Waals surface area contributed by atoms with E-state index in [9.17, 15) is 19.5 Å². The van der Waals surface area contributed by atoms with Gasteiger partial charge in [0.25, 0.3) is 0 Å². The van der Waals surface area contributed by atoms with Crippen LogP contribution in [0, 0.1) is 0 Å². The van der Waals surface area contributed by atoms with Crippen molar-refractivity contribution in [2.24, 2.45) is 0 Å². The molecule has 0 unspecified atom stereocenters. The number of amides is 2. The standard InChI is InChI=1S/C10H13BrN2O4S.H3N/c1-10(2)6(9(16)17)13-7(15)5(8(13)18-10)12-4(14)3-11;/h5-6,8H,3H2,1-2H3,(H,12,14)(H,16,17);1H3/t5-,6+,8-;/m1./s1. The third-order valence-electron chi connectivity index (χ3n) is 3.11. The first-order chi connectivity index (χ1) is 8.29. The van der Waals surface area contributed by atoms with Gasteiger partial charge in [0.1, 0.15) is 17.5 Å². The molecule has 9 heteroatoms. The van der Waals surface area contributed by atoms with Crippen molar-refractivity contribution in [1.82, 2.24) is 16.4 Å². The lowest BCUT2D eigenvalue weighted by atomic mass is 9.96. The fourth-order valence-corrected chi connectivity index (χ4v) is 4.14. The summed E-state index contributed by atoms with van der Waals surface area (Å²) in [6.45, 7) is 3.59. The van der Waals surface area contributed by atoms with Gasteiger partial charge in [0.15, 0.2) is 0 Å². The molecule has 0 aromatic rings. The number of rotatable bonds is 3. The summed E-state index contributed by atoms with van der Waals surface area (Å²) in [6, 6.07) is -1.44. The highest BCUT2D eigenvalue weighted by molar-refractivity contribution is 9.09. The number of hydrogen-bond donors (Lipinski definition) is 3. The average molecular weight is 354 g/mol. The minimum absolute atomic E-state index is 0.